The maximum Gasteiger partial charge on any atom is 0.242 e. The van der Waals surface area contributed by atoms with Crippen LogP contribution in [0.1, 0.15) is 26.2 Å². The van der Waals surface area contributed by atoms with Crippen LogP contribution in [0.3, 0.4) is 0 Å². The lowest BCUT2D eigenvalue weighted by molar-refractivity contribution is 0.175. The molecular formula is C13H23N5O2S. The van der Waals surface area contributed by atoms with Gasteiger partial charge < -0.3 is 5.43 Å². The molecule has 1 aliphatic heterocycles. The highest BCUT2D eigenvalue weighted by atomic mass is 32.2. The molecule has 21 heavy (non-hydrogen) atoms. The lowest BCUT2D eigenvalue weighted by Crippen LogP contribution is -2.44. The summed E-state index contributed by atoms with van der Waals surface area (Å²) in [6.07, 6.45) is 4.94. The Balaban J connectivity index is 1.93. The maximum atomic E-state index is 12.2. The minimum absolute atomic E-state index is 0.146. The number of pyridine rings is 1. The van der Waals surface area contributed by atoms with Crippen molar-refractivity contribution < 1.29 is 8.42 Å². The van der Waals surface area contributed by atoms with Crippen LogP contribution in [0.2, 0.25) is 0 Å². The zero-order chi connectivity index (χ0) is 15.3. The zero-order valence-electron chi connectivity index (χ0n) is 12.2. The van der Waals surface area contributed by atoms with E-state index in [1.54, 1.807) is 0 Å². The molecule has 0 amide bonds. The van der Waals surface area contributed by atoms with E-state index < -0.39 is 10.0 Å². The summed E-state index contributed by atoms with van der Waals surface area (Å²) in [4.78, 5) is 6.39. The third-order valence-corrected chi connectivity index (χ3v) is 5.19. The summed E-state index contributed by atoms with van der Waals surface area (Å²) >= 11 is 0. The molecule has 118 valence electrons. The summed E-state index contributed by atoms with van der Waals surface area (Å²) in [5.41, 5.74) is 2.37. The van der Waals surface area contributed by atoms with Gasteiger partial charge >= 0.3 is 0 Å². The van der Waals surface area contributed by atoms with Crippen molar-refractivity contribution in [1.82, 2.24) is 14.6 Å². The number of hydrogen-bond acceptors (Lipinski definition) is 6. The van der Waals surface area contributed by atoms with E-state index in [9.17, 15) is 8.42 Å². The number of rotatable bonds is 6. The standard InChI is InChI=1S/C13H23N5O2S/c1-11(18-7-3-2-4-8-18)9-16-21(19,20)12-5-6-13(17-14)15-10-12/h5-6,10-11,16H,2-4,7-9,14H2,1H3,(H,15,17). The Morgan fingerprint density at radius 2 is 2.05 bits per heavy atom. The van der Waals surface area contributed by atoms with Gasteiger partial charge in [0.15, 0.2) is 0 Å². The summed E-state index contributed by atoms with van der Waals surface area (Å²) in [6.45, 7) is 4.54. The summed E-state index contributed by atoms with van der Waals surface area (Å²) in [5.74, 6) is 5.63. The van der Waals surface area contributed by atoms with Crippen LogP contribution < -0.4 is 16.0 Å². The molecule has 1 aromatic rings. The van der Waals surface area contributed by atoms with Crippen molar-refractivity contribution in [2.75, 3.05) is 25.1 Å². The number of sulfonamides is 1. The molecule has 1 unspecified atom stereocenters. The molecule has 2 heterocycles. The number of piperidine rings is 1. The number of aromatic nitrogens is 1. The number of nitrogen functional groups attached to an aromatic ring is 1. The number of anilines is 1. The molecule has 1 aliphatic rings. The van der Waals surface area contributed by atoms with Gasteiger partial charge in [0.25, 0.3) is 0 Å². The summed E-state index contributed by atoms with van der Waals surface area (Å²) in [7, 11) is -3.53. The Morgan fingerprint density at radius 1 is 1.33 bits per heavy atom. The van der Waals surface area contributed by atoms with Crippen molar-refractivity contribution in [3.05, 3.63) is 18.3 Å². The van der Waals surface area contributed by atoms with Gasteiger partial charge in [-0.1, -0.05) is 6.42 Å². The average molecular weight is 313 g/mol. The summed E-state index contributed by atoms with van der Waals surface area (Å²) in [6, 6.07) is 3.21. The Bertz CT molecular complexity index is 540. The fraction of sp³-hybridized carbons (Fsp3) is 0.615. The molecule has 1 fully saturated rings. The van der Waals surface area contributed by atoms with Crippen LogP contribution in [0.25, 0.3) is 0 Å². The second-order valence-corrected chi connectivity index (χ2v) is 7.09. The van der Waals surface area contributed by atoms with Crippen LogP contribution in [-0.4, -0.2) is 44.0 Å². The van der Waals surface area contributed by atoms with Crippen molar-refractivity contribution in [3.8, 4) is 0 Å². The van der Waals surface area contributed by atoms with E-state index >= 15 is 0 Å². The number of likely N-dealkylation sites (tertiary alicyclic amines) is 1. The Labute approximate surface area is 125 Å². The molecule has 2 rings (SSSR count). The predicted octanol–water partition coefficient (Wildman–Crippen LogP) is 0.520. The van der Waals surface area contributed by atoms with Gasteiger partial charge in [0.2, 0.25) is 10.0 Å². The van der Waals surface area contributed by atoms with Crippen LogP contribution >= 0.6 is 0 Å². The lowest BCUT2D eigenvalue weighted by Gasteiger charge is -2.32. The van der Waals surface area contributed by atoms with E-state index in [1.165, 1.54) is 37.6 Å². The van der Waals surface area contributed by atoms with Gasteiger partial charge in [0.1, 0.15) is 10.7 Å². The molecule has 0 spiro atoms. The van der Waals surface area contributed by atoms with Gasteiger partial charge in [0, 0.05) is 18.8 Å². The summed E-state index contributed by atoms with van der Waals surface area (Å²) in [5, 5.41) is 0. The quantitative estimate of drug-likeness (QED) is 0.523. The van der Waals surface area contributed by atoms with E-state index in [2.05, 4.69) is 20.0 Å². The SMILES string of the molecule is CC(CNS(=O)(=O)c1ccc(NN)nc1)N1CCCCC1. The molecule has 7 nitrogen and oxygen atoms in total. The van der Waals surface area contributed by atoms with Gasteiger partial charge in [-0.25, -0.2) is 24.0 Å². The molecule has 0 saturated carbocycles. The number of nitrogens with zero attached hydrogens (tertiary/aromatic N) is 2. The van der Waals surface area contributed by atoms with Crippen LogP contribution in [0.15, 0.2) is 23.2 Å². The van der Waals surface area contributed by atoms with Gasteiger partial charge in [-0.2, -0.15) is 0 Å². The minimum atomic E-state index is -3.53. The smallest absolute Gasteiger partial charge is 0.242 e. The first kappa shape index (κ1) is 16.2. The molecule has 0 radical (unpaired) electrons. The first-order chi connectivity index (χ1) is 10.0. The van der Waals surface area contributed by atoms with Gasteiger partial charge in [-0.3, -0.25) is 4.90 Å². The normalized spacial score (nSPS) is 18.4. The Morgan fingerprint density at radius 3 is 2.62 bits per heavy atom. The third kappa shape index (κ3) is 4.37. The van der Waals surface area contributed by atoms with Crippen molar-refractivity contribution in [2.24, 2.45) is 5.84 Å². The number of hydrogen-bond donors (Lipinski definition) is 3. The van der Waals surface area contributed by atoms with Crippen LogP contribution in [0.5, 0.6) is 0 Å². The number of nitrogens with two attached hydrogens (primary N) is 1. The summed E-state index contributed by atoms with van der Waals surface area (Å²) < 4.78 is 27.0. The Kier molecular flexibility index (Phi) is 5.51. The second-order valence-electron chi connectivity index (χ2n) is 5.32. The fourth-order valence-corrected chi connectivity index (χ4v) is 3.49. The Hall–Kier alpha value is -1.22. The molecular weight excluding hydrogens is 290 g/mol. The van der Waals surface area contributed by atoms with Gasteiger partial charge in [0.05, 0.1) is 0 Å². The fourth-order valence-electron chi connectivity index (χ4n) is 2.43. The van der Waals surface area contributed by atoms with Gasteiger partial charge in [-0.05, 0) is 45.0 Å². The van der Waals surface area contributed by atoms with E-state index in [4.69, 9.17) is 5.84 Å². The van der Waals surface area contributed by atoms with Crippen molar-refractivity contribution in [1.29, 1.82) is 0 Å². The number of nitrogens with one attached hydrogen (secondary N) is 2. The van der Waals surface area contributed by atoms with Crippen molar-refractivity contribution in [2.45, 2.75) is 37.1 Å². The number of hydrazine groups is 1. The first-order valence-electron chi connectivity index (χ1n) is 7.19. The molecule has 8 heteroatoms. The third-order valence-electron chi connectivity index (χ3n) is 3.78. The lowest BCUT2D eigenvalue weighted by atomic mass is 10.1. The highest BCUT2D eigenvalue weighted by Crippen LogP contribution is 2.13. The molecule has 1 aromatic heterocycles. The molecule has 0 bridgehead atoms. The topological polar surface area (TPSA) is 100 Å². The van der Waals surface area contributed by atoms with Crippen LogP contribution in [0.4, 0.5) is 5.82 Å². The molecule has 4 N–H and O–H groups in total. The molecule has 0 aliphatic carbocycles. The minimum Gasteiger partial charge on any atom is -0.308 e. The van der Waals surface area contributed by atoms with E-state index in [1.807, 2.05) is 6.92 Å². The average Bonchev–Trinajstić information content (AvgIpc) is 2.53. The second kappa shape index (κ2) is 7.17. The highest BCUT2D eigenvalue weighted by molar-refractivity contribution is 7.89. The predicted molar refractivity (Wildman–Crippen MR) is 82.1 cm³/mol. The van der Waals surface area contributed by atoms with Crippen LogP contribution in [0, 0.1) is 0 Å². The zero-order valence-corrected chi connectivity index (χ0v) is 13.1. The molecule has 1 atom stereocenters. The molecule has 0 aromatic carbocycles. The highest BCUT2D eigenvalue weighted by Gasteiger charge is 2.20. The van der Waals surface area contributed by atoms with E-state index in [0.29, 0.717) is 12.4 Å². The largest absolute Gasteiger partial charge is 0.308 e. The monoisotopic (exact) mass is 313 g/mol. The van der Waals surface area contributed by atoms with Crippen LogP contribution in [-0.2, 0) is 10.0 Å². The maximum absolute atomic E-state index is 12.2. The first-order valence-corrected chi connectivity index (χ1v) is 8.67. The van der Waals surface area contributed by atoms with Gasteiger partial charge in [-0.15, -0.1) is 0 Å². The van der Waals surface area contributed by atoms with E-state index in [-0.39, 0.29) is 10.9 Å². The van der Waals surface area contributed by atoms with Crippen molar-refractivity contribution in [3.63, 3.8) is 0 Å². The molecule has 1 saturated heterocycles. The van der Waals surface area contributed by atoms with E-state index in [0.717, 1.165) is 13.1 Å². The van der Waals surface area contributed by atoms with Crippen molar-refractivity contribution >= 4 is 15.8 Å².